The van der Waals surface area contributed by atoms with Gasteiger partial charge in [-0.15, -0.1) is 12.4 Å². The smallest absolute Gasteiger partial charge is 0.383 e. The Hall–Kier alpha value is -3.64. The highest BCUT2D eigenvalue weighted by Crippen LogP contribution is 2.48. The molecule has 19 heteroatoms. The van der Waals surface area contributed by atoms with Gasteiger partial charge in [-0.05, 0) is 105 Å². The van der Waals surface area contributed by atoms with E-state index in [1.165, 1.54) is 10.5 Å². The second-order valence-corrected chi connectivity index (χ2v) is 17.3. The molecule has 7 rings (SSSR count). The topological polar surface area (TPSA) is 126 Å². The summed E-state index contributed by atoms with van der Waals surface area (Å²) >= 11 is 12.7. The Kier molecular flexibility index (Phi) is 14.5. The van der Waals surface area contributed by atoms with Crippen LogP contribution in [0, 0.1) is 5.92 Å². The number of piperidine rings is 2. The van der Waals surface area contributed by atoms with Crippen LogP contribution in [-0.4, -0.2) is 109 Å². The van der Waals surface area contributed by atoms with Crippen LogP contribution in [-0.2, 0) is 48.9 Å². The first-order chi connectivity index (χ1) is 28.8. The molecular weight excluding hydrogens is 889 g/mol. The summed E-state index contributed by atoms with van der Waals surface area (Å²) in [5.41, 5.74) is 2.61. The lowest BCUT2D eigenvalue weighted by Gasteiger charge is -2.46. The lowest BCUT2D eigenvalue weighted by Crippen LogP contribution is -2.54. The molecule has 3 amide bonds. The Morgan fingerprint density at radius 1 is 0.871 bits per heavy atom. The SMILES string of the molecule is Cl.NC(=O)C(O)C1CCN(C(=O)CO[C@H]2Cc3ccccc3C23CCN(CC[C@]2(c4ccc(Cl)c(Cl)c4)CN(C(=O)c4cc(C(F)(F)F)cc(C(F)(F)F)c4)CCO2)CC3)CC1. The Labute approximate surface area is 371 Å². The number of morpholine rings is 1. The second kappa shape index (κ2) is 18.8. The van der Waals surface area contributed by atoms with Crippen LogP contribution in [0.3, 0.4) is 0 Å². The summed E-state index contributed by atoms with van der Waals surface area (Å²) in [7, 11) is 0. The van der Waals surface area contributed by atoms with Gasteiger partial charge in [-0.25, -0.2) is 0 Å². The lowest BCUT2D eigenvalue weighted by molar-refractivity contribution is -0.144. The number of carbonyl (C=O) groups is 3. The Morgan fingerprint density at radius 2 is 1.52 bits per heavy atom. The summed E-state index contributed by atoms with van der Waals surface area (Å²) in [5.74, 6) is -2.25. The predicted molar refractivity (Wildman–Crippen MR) is 220 cm³/mol. The fourth-order valence-corrected chi connectivity index (χ4v) is 9.80. The molecule has 0 bridgehead atoms. The lowest BCUT2D eigenvalue weighted by atomic mass is 9.72. The number of halogens is 9. The van der Waals surface area contributed by atoms with Crippen molar-refractivity contribution in [3.8, 4) is 0 Å². The van der Waals surface area contributed by atoms with Gasteiger partial charge in [0.15, 0.2) is 0 Å². The third-order valence-electron chi connectivity index (χ3n) is 12.9. The fourth-order valence-electron chi connectivity index (χ4n) is 9.51. The molecule has 1 aliphatic carbocycles. The van der Waals surface area contributed by atoms with Gasteiger partial charge in [-0.2, -0.15) is 26.3 Å². The normalized spacial score (nSPS) is 22.6. The molecule has 10 nitrogen and oxygen atoms in total. The maximum atomic E-state index is 13.8. The Balaban J connectivity index is 0.00000641. The zero-order valence-corrected chi connectivity index (χ0v) is 35.8. The zero-order chi connectivity index (χ0) is 43.9. The largest absolute Gasteiger partial charge is 0.416 e. The van der Waals surface area contributed by atoms with Crippen molar-refractivity contribution in [3.05, 3.63) is 104 Å². The summed E-state index contributed by atoms with van der Waals surface area (Å²) in [4.78, 5) is 43.8. The molecule has 338 valence electrons. The molecule has 0 aromatic heterocycles. The first-order valence-electron chi connectivity index (χ1n) is 20.2. The van der Waals surface area contributed by atoms with E-state index in [9.17, 15) is 45.8 Å². The van der Waals surface area contributed by atoms with Crippen molar-refractivity contribution in [1.82, 2.24) is 14.7 Å². The number of fused-ring (bicyclic) bond motifs is 2. The maximum absolute atomic E-state index is 13.8. The van der Waals surface area contributed by atoms with Crippen molar-refractivity contribution in [2.75, 3.05) is 59.0 Å². The number of aliphatic hydroxyl groups is 1. The van der Waals surface area contributed by atoms with Crippen LogP contribution in [0.15, 0.2) is 60.7 Å². The van der Waals surface area contributed by atoms with Crippen LogP contribution in [0.25, 0.3) is 0 Å². The monoisotopic (exact) mass is 934 g/mol. The first-order valence-corrected chi connectivity index (χ1v) is 20.9. The molecule has 3 saturated heterocycles. The molecule has 3 N–H and O–H groups in total. The first kappa shape index (κ1) is 47.8. The number of nitrogens with two attached hydrogens (primary N) is 1. The number of hydrogen-bond donors (Lipinski definition) is 2. The predicted octanol–water partition coefficient (Wildman–Crippen LogP) is 7.27. The van der Waals surface area contributed by atoms with E-state index in [0.29, 0.717) is 82.5 Å². The zero-order valence-electron chi connectivity index (χ0n) is 33.5. The van der Waals surface area contributed by atoms with Crippen LogP contribution < -0.4 is 5.73 Å². The number of carbonyl (C=O) groups excluding carboxylic acids is 3. The van der Waals surface area contributed by atoms with Crippen LogP contribution in [0.1, 0.15) is 70.3 Å². The second-order valence-electron chi connectivity index (χ2n) is 16.5. The van der Waals surface area contributed by atoms with Crippen molar-refractivity contribution in [2.24, 2.45) is 11.7 Å². The molecule has 3 heterocycles. The molecule has 1 spiro atoms. The van der Waals surface area contributed by atoms with Gasteiger partial charge in [0.1, 0.15) is 18.3 Å². The van der Waals surface area contributed by atoms with E-state index >= 15 is 0 Å². The molecule has 3 aliphatic heterocycles. The van der Waals surface area contributed by atoms with Gasteiger partial charge in [0.2, 0.25) is 11.8 Å². The third-order valence-corrected chi connectivity index (χ3v) is 13.7. The number of hydrogen-bond acceptors (Lipinski definition) is 7. The minimum atomic E-state index is -5.12. The quantitative estimate of drug-likeness (QED) is 0.205. The number of primary amides is 1. The van der Waals surface area contributed by atoms with Crippen molar-refractivity contribution in [2.45, 2.75) is 74.1 Å². The van der Waals surface area contributed by atoms with Crippen LogP contribution in [0.4, 0.5) is 26.3 Å². The highest BCUT2D eigenvalue weighted by atomic mass is 35.5. The summed E-state index contributed by atoms with van der Waals surface area (Å²) < 4.78 is 95.3. The standard InChI is InChI=1S/C43H46Cl2F6N4O6.ClH/c44-33-6-5-29(23-34(33)45)41(25-55(17-18-61-41)39(59)28-19-30(42(46,47)48)22-31(20-28)43(49,50)51)11-16-53-14-9-40(10-15-53)32-4-2-1-3-27(32)21-35(40)60-24-36(56)54-12-7-26(8-13-54)37(57)38(52)58;/h1-6,19-20,22-23,26,35,37,57H,7-18,21,24-25H2,(H2,52,58);1H/t35-,37?,41+;/m0./s1. The van der Waals surface area contributed by atoms with E-state index in [1.807, 2.05) is 12.1 Å². The van der Waals surface area contributed by atoms with Crippen molar-refractivity contribution >= 4 is 53.3 Å². The number of benzene rings is 3. The summed E-state index contributed by atoms with van der Waals surface area (Å²) in [5, 5.41) is 10.5. The highest BCUT2D eigenvalue weighted by molar-refractivity contribution is 6.42. The van der Waals surface area contributed by atoms with Crippen LogP contribution >= 0.6 is 35.6 Å². The molecule has 3 fully saturated rings. The van der Waals surface area contributed by atoms with E-state index in [1.54, 1.807) is 23.1 Å². The van der Waals surface area contributed by atoms with E-state index in [0.717, 1.165) is 5.56 Å². The van der Waals surface area contributed by atoms with Gasteiger partial charge in [-0.1, -0.05) is 53.5 Å². The molecule has 62 heavy (non-hydrogen) atoms. The number of likely N-dealkylation sites (tertiary alicyclic amines) is 2. The van der Waals surface area contributed by atoms with Crippen LogP contribution in [0.5, 0.6) is 0 Å². The molecule has 0 saturated carbocycles. The Bertz CT molecular complexity index is 2100. The fraction of sp³-hybridized carbons (Fsp3) is 0.512. The Morgan fingerprint density at radius 3 is 2.13 bits per heavy atom. The van der Waals surface area contributed by atoms with Gasteiger partial charge in [0.25, 0.3) is 5.91 Å². The number of ether oxygens (including phenoxy) is 2. The summed E-state index contributed by atoms with van der Waals surface area (Å²) in [6, 6.07) is 13.9. The van der Waals surface area contributed by atoms with Gasteiger partial charge in [0, 0.05) is 37.2 Å². The number of alkyl halides is 6. The van der Waals surface area contributed by atoms with Crippen molar-refractivity contribution in [1.29, 1.82) is 0 Å². The summed E-state index contributed by atoms with van der Waals surface area (Å²) in [6.07, 6.45) is -8.55. The number of rotatable bonds is 10. The van der Waals surface area contributed by atoms with Crippen molar-refractivity contribution in [3.63, 3.8) is 0 Å². The summed E-state index contributed by atoms with van der Waals surface area (Å²) in [6.45, 7) is 2.03. The average molecular weight is 936 g/mol. The molecular formula is C43H47Cl3F6N4O6. The van der Waals surface area contributed by atoms with Gasteiger partial charge in [0.05, 0.1) is 40.4 Å². The van der Waals surface area contributed by atoms with Crippen molar-refractivity contribution < 1.29 is 55.3 Å². The molecule has 3 atom stereocenters. The van der Waals surface area contributed by atoms with E-state index in [-0.39, 0.29) is 84.6 Å². The molecule has 1 unspecified atom stereocenters. The molecule has 0 radical (unpaired) electrons. The maximum Gasteiger partial charge on any atom is 0.416 e. The van der Waals surface area contributed by atoms with Gasteiger partial charge >= 0.3 is 12.4 Å². The average Bonchev–Trinajstić information content (AvgIpc) is 3.54. The molecule has 4 aliphatic rings. The number of nitrogens with zero attached hydrogens (tertiary/aromatic N) is 3. The minimum absolute atomic E-state index is 0. The third kappa shape index (κ3) is 10.0. The minimum Gasteiger partial charge on any atom is -0.383 e. The van der Waals surface area contributed by atoms with E-state index in [4.69, 9.17) is 38.4 Å². The molecule has 3 aromatic rings. The number of aliphatic hydroxyl groups excluding tert-OH is 1. The van der Waals surface area contributed by atoms with E-state index < -0.39 is 52.6 Å². The number of amides is 3. The van der Waals surface area contributed by atoms with Crippen LogP contribution in [0.2, 0.25) is 10.0 Å². The molecule has 3 aromatic carbocycles. The van der Waals surface area contributed by atoms with Gasteiger partial charge < -0.3 is 35.0 Å². The van der Waals surface area contributed by atoms with Gasteiger partial charge in [-0.3, -0.25) is 14.4 Å². The highest BCUT2D eigenvalue weighted by Gasteiger charge is 2.50. The van der Waals surface area contributed by atoms with E-state index in [2.05, 4.69) is 17.0 Å².